The first-order valence-corrected chi connectivity index (χ1v) is 25.9. The highest BCUT2D eigenvalue weighted by atomic mass is 16.6. The van der Waals surface area contributed by atoms with Gasteiger partial charge in [-0.25, -0.2) is 0 Å². The van der Waals surface area contributed by atoms with Crippen molar-refractivity contribution < 1.29 is 28.6 Å². The van der Waals surface area contributed by atoms with Gasteiger partial charge in [0.15, 0.2) is 6.10 Å². The van der Waals surface area contributed by atoms with Crippen LogP contribution in [-0.2, 0) is 28.6 Å². The number of hydrogen-bond acceptors (Lipinski definition) is 6. The molecule has 0 aromatic carbocycles. The van der Waals surface area contributed by atoms with Gasteiger partial charge in [-0.2, -0.15) is 0 Å². The lowest BCUT2D eigenvalue weighted by atomic mass is 10.1. The van der Waals surface area contributed by atoms with Gasteiger partial charge in [0, 0.05) is 19.3 Å². The lowest BCUT2D eigenvalue weighted by Gasteiger charge is -2.18. The number of esters is 3. The average Bonchev–Trinajstić information content (AvgIpc) is 3.31. The van der Waals surface area contributed by atoms with Crippen LogP contribution in [-0.4, -0.2) is 37.2 Å². The molecular weight excluding hydrogens is 817 g/mol. The van der Waals surface area contributed by atoms with E-state index in [2.05, 4.69) is 106 Å². The molecule has 0 amide bonds. The third kappa shape index (κ3) is 50.3. The Labute approximate surface area is 404 Å². The van der Waals surface area contributed by atoms with Gasteiger partial charge in [-0.1, -0.05) is 212 Å². The van der Waals surface area contributed by atoms with E-state index in [0.717, 1.165) is 116 Å². The third-order valence-electron chi connectivity index (χ3n) is 10.2. The van der Waals surface area contributed by atoms with E-state index in [0.29, 0.717) is 19.3 Å². The zero-order valence-electron chi connectivity index (χ0n) is 41.9. The van der Waals surface area contributed by atoms with E-state index in [-0.39, 0.29) is 37.5 Å². The molecular formula is C60H92O6. The Morgan fingerprint density at radius 3 is 1.14 bits per heavy atom. The second-order valence-electron chi connectivity index (χ2n) is 16.5. The van der Waals surface area contributed by atoms with Crippen LogP contribution in [0, 0.1) is 0 Å². The number of hydrogen-bond donors (Lipinski definition) is 0. The lowest BCUT2D eigenvalue weighted by Crippen LogP contribution is -2.30. The van der Waals surface area contributed by atoms with Crippen molar-refractivity contribution in [2.75, 3.05) is 13.2 Å². The summed E-state index contributed by atoms with van der Waals surface area (Å²) in [5.74, 6) is -1.02. The van der Waals surface area contributed by atoms with E-state index in [1.54, 1.807) is 0 Å². The van der Waals surface area contributed by atoms with E-state index >= 15 is 0 Å². The van der Waals surface area contributed by atoms with Crippen LogP contribution in [0.5, 0.6) is 0 Å². The summed E-state index contributed by atoms with van der Waals surface area (Å²) in [7, 11) is 0. The van der Waals surface area contributed by atoms with Crippen molar-refractivity contribution in [1.29, 1.82) is 0 Å². The normalized spacial score (nSPS) is 13.3. The zero-order valence-corrected chi connectivity index (χ0v) is 41.9. The van der Waals surface area contributed by atoms with Crippen LogP contribution in [0.4, 0.5) is 0 Å². The predicted octanol–water partition coefficient (Wildman–Crippen LogP) is 17.3. The molecule has 0 aliphatic heterocycles. The lowest BCUT2D eigenvalue weighted by molar-refractivity contribution is -0.167. The molecule has 0 heterocycles. The molecule has 0 N–H and O–H groups in total. The molecule has 0 bridgehead atoms. The molecule has 0 rings (SSSR count). The molecule has 6 heteroatoms. The highest BCUT2D eigenvalue weighted by molar-refractivity contribution is 5.71. The Balaban J connectivity index is 4.58. The Bertz CT molecular complexity index is 1510. The molecule has 0 aliphatic carbocycles. The molecule has 0 spiro atoms. The third-order valence-corrected chi connectivity index (χ3v) is 10.2. The van der Waals surface area contributed by atoms with Crippen LogP contribution in [0.25, 0.3) is 0 Å². The van der Waals surface area contributed by atoms with Gasteiger partial charge < -0.3 is 14.2 Å². The number of carbonyl (C=O) groups excluding carboxylic acids is 3. The average molecular weight is 909 g/mol. The van der Waals surface area contributed by atoms with E-state index < -0.39 is 6.10 Å². The van der Waals surface area contributed by atoms with Crippen molar-refractivity contribution in [1.82, 2.24) is 0 Å². The van der Waals surface area contributed by atoms with Gasteiger partial charge in [-0.15, -0.1) is 0 Å². The number of unbranched alkanes of at least 4 members (excludes halogenated alkanes) is 14. The first kappa shape index (κ1) is 61.3. The SMILES string of the molecule is CC\C=C/C=C\C=C/C=C\C=C\C=C/CCCCCC(=O)OC(COC(=O)CCCCC/C=C\C/C=C\C/C=C\C/C=C\C/C=C\CC)COC(=O)CCCCCCC/C=C\CCCCC. The first-order chi connectivity index (χ1) is 32.5. The van der Waals surface area contributed by atoms with E-state index in [4.69, 9.17) is 14.2 Å². The number of ether oxygens (including phenoxy) is 3. The van der Waals surface area contributed by atoms with E-state index in [1.165, 1.54) is 32.1 Å². The van der Waals surface area contributed by atoms with Gasteiger partial charge in [0.25, 0.3) is 0 Å². The van der Waals surface area contributed by atoms with Gasteiger partial charge in [0.2, 0.25) is 0 Å². The molecule has 0 saturated heterocycles. The Hall–Kier alpha value is -4.71. The second kappa shape index (κ2) is 52.9. The molecule has 1 unspecified atom stereocenters. The van der Waals surface area contributed by atoms with Crippen molar-refractivity contribution in [2.24, 2.45) is 0 Å². The van der Waals surface area contributed by atoms with Crippen molar-refractivity contribution in [2.45, 2.75) is 200 Å². The predicted molar refractivity (Wildman–Crippen MR) is 283 cm³/mol. The maximum Gasteiger partial charge on any atom is 0.306 e. The first-order valence-electron chi connectivity index (χ1n) is 25.9. The molecule has 6 nitrogen and oxygen atoms in total. The largest absolute Gasteiger partial charge is 0.462 e. The summed E-state index contributed by atoms with van der Waals surface area (Å²) in [6.45, 7) is 6.25. The fraction of sp³-hybridized carbons (Fsp3) is 0.550. The summed E-state index contributed by atoms with van der Waals surface area (Å²) < 4.78 is 16.7. The fourth-order valence-corrected chi connectivity index (χ4v) is 6.37. The summed E-state index contributed by atoms with van der Waals surface area (Å²) in [5.41, 5.74) is 0. The van der Waals surface area contributed by atoms with Crippen LogP contribution in [0.1, 0.15) is 194 Å². The van der Waals surface area contributed by atoms with Crippen molar-refractivity contribution in [3.63, 3.8) is 0 Å². The fourth-order valence-electron chi connectivity index (χ4n) is 6.37. The molecule has 0 saturated carbocycles. The molecule has 0 radical (unpaired) electrons. The second-order valence-corrected chi connectivity index (χ2v) is 16.5. The maximum absolute atomic E-state index is 12.8. The van der Waals surface area contributed by atoms with Crippen molar-refractivity contribution >= 4 is 17.9 Å². The van der Waals surface area contributed by atoms with Gasteiger partial charge in [-0.05, 0) is 109 Å². The molecule has 0 aliphatic rings. The maximum atomic E-state index is 12.8. The van der Waals surface area contributed by atoms with Gasteiger partial charge in [0.05, 0.1) is 0 Å². The summed E-state index contributed by atoms with van der Waals surface area (Å²) in [4.78, 5) is 38.0. The van der Waals surface area contributed by atoms with Crippen LogP contribution in [0.3, 0.4) is 0 Å². The zero-order chi connectivity index (χ0) is 47.9. The van der Waals surface area contributed by atoms with Crippen molar-refractivity contribution in [3.05, 3.63) is 146 Å². The van der Waals surface area contributed by atoms with Crippen LogP contribution >= 0.6 is 0 Å². The molecule has 0 aromatic rings. The monoisotopic (exact) mass is 909 g/mol. The smallest absolute Gasteiger partial charge is 0.306 e. The molecule has 368 valence electrons. The van der Waals surface area contributed by atoms with Crippen LogP contribution in [0.2, 0.25) is 0 Å². The number of allylic oxidation sites excluding steroid dienone is 24. The Kier molecular flexibility index (Phi) is 49.1. The topological polar surface area (TPSA) is 78.9 Å². The minimum absolute atomic E-state index is 0.118. The standard InChI is InChI=1S/C60H92O6/c1-4-7-10-13-16-19-22-25-27-29-30-32-33-35-38-41-44-47-50-53-59(62)65-56-57(55-64-58(61)52-49-46-43-40-37-24-21-18-15-12-9-6-3)66-60(63)54-51-48-45-42-39-36-34-31-28-26-23-20-17-14-11-8-5-2/h7-8,10-11,14,16-21,23,25-28,30-32,34-36,38-39,57H,4-6,9,12-13,15,22,24,29,33,37,40-56H2,1-3H3/b10-7-,11-8-,17-14-,19-16-,21-18-,23-20-,27-25-,28-26-,32-30-,34-31+,38-35-,39-36-. The number of carbonyl (C=O) groups is 3. The minimum Gasteiger partial charge on any atom is -0.462 e. The van der Waals surface area contributed by atoms with Crippen molar-refractivity contribution in [3.8, 4) is 0 Å². The molecule has 0 fully saturated rings. The van der Waals surface area contributed by atoms with Gasteiger partial charge in [0.1, 0.15) is 13.2 Å². The summed E-state index contributed by atoms with van der Waals surface area (Å²) >= 11 is 0. The highest BCUT2D eigenvalue weighted by Gasteiger charge is 2.19. The minimum atomic E-state index is -0.825. The quantitative estimate of drug-likeness (QED) is 0.0199. The van der Waals surface area contributed by atoms with Crippen LogP contribution < -0.4 is 0 Å². The van der Waals surface area contributed by atoms with Crippen LogP contribution in [0.15, 0.2) is 146 Å². The Morgan fingerprint density at radius 2 is 0.667 bits per heavy atom. The summed E-state index contributed by atoms with van der Waals surface area (Å²) in [6, 6.07) is 0. The molecule has 1 atom stereocenters. The number of rotatable bonds is 44. The highest BCUT2D eigenvalue weighted by Crippen LogP contribution is 2.12. The molecule has 0 aromatic heterocycles. The summed E-state index contributed by atoms with van der Waals surface area (Å²) in [6.07, 6.45) is 75.4. The van der Waals surface area contributed by atoms with Gasteiger partial charge >= 0.3 is 17.9 Å². The van der Waals surface area contributed by atoms with E-state index in [9.17, 15) is 14.4 Å². The molecule has 66 heavy (non-hydrogen) atoms. The van der Waals surface area contributed by atoms with E-state index in [1.807, 2.05) is 60.8 Å². The Morgan fingerprint density at radius 1 is 0.333 bits per heavy atom. The van der Waals surface area contributed by atoms with Gasteiger partial charge in [-0.3, -0.25) is 14.4 Å². The summed E-state index contributed by atoms with van der Waals surface area (Å²) in [5, 5.41) is 0.